The molecule has 0 fully saturated rings. The lowest BCUT2D eigenvalue weighted by Crippen LogP contribution is -2.17. The van der Waals surface area contributed by atoms with Gasteiger partial charge in [0.1, 0.15) is 10.8 Å². The first-order valence-electron chi connectivity index (χ1n) is 9.55. The number of nitrogens with zero attached hydrogens (tertiary/aromatic N) is 1. The summed E-state index contributed by atoms with van der Waals surface area (Å²) in [4.78, 5) is 5.34. The van der Waals surface area contributed by atoms with Gasteiger partial charge in [0.05, 0.1) is 0 Å². The first-order valence-corrected chi connectivity index (χ1v) is 10.4. The summed E-state index contributed by atoms with van der Waals surface area (Å²) in [7, 11) is 0. The minimum atomic E-state index is 0.190. The van der Waals surface area contributed by atoms with Gasteiger partial charge in [-0.15, -0.1) is 0 Å². The third-order valence-corrected chi connectivity index (χ3v) is 5.29. The van der Waals surface area contributed by atoms with Crippen molar-refractivity contribution in [3.05, 3.63) is 66.9 Å². The van der Waals surface area contributed by atoms with Crippen molar-refractivity contribution in [2.45, 2.75) is 43.2 Å². The molecular weight excluding hydrogens is 366 g/mol. The second kappa shape index (κ2) is 9.51. The zero-order valence-corrected chi connectivity index (χ0v) is 17.3. The first-order chi connectivity index (χ1) is 13.5. The molecule has 0 aliphatic carbocycles. The summed E-state index contributed by atoms with van der Waals surface area (Å²) >= 11 is 1.46. The Morgan fingerprint density at radius 2 is 1.75 bits per heavy atom. The molecule has 146 valence electrons. The predicted octanol–water partition coefficient (Wildman–Crippen LogP) is 6.53. The molecule has 5 heteroatoms. The molecule has 1 unspecified atom stereocenters. The molecule has 0 spiro atoms. The Morgan fingerprint density at radius 1 is 0.964 bits per heavy atom. The molecule has 0 radical (unpaired) electrons. The van der Waals surface area contributed by atoms with E-state index in [1.54, 1.807) is 18.3 Å². The van der Waals surface area contributed by atoms with Crippen molar-refractivity contribution in [3.8, 4) is 5.75 Å². The Hall–Kier alpha value is -2.66. The van der Waals surface area contributed by atoms with E-state index in [1.165, 1.54) is 11.8 Å². The zero-order chi connectivity index (χ0) is 19.9. The van der Waals surface area contributed by atoms with Crippen molar-refractivity contribution >= 4 is 28.8 Å². The minimum absolute atomic E-state index is 0.190. The number of hydrogen-bond donors (Lipinski definition) is 3. The van der Waals surface area contributed by atoms with Crippen LogP contribution in [0.25, 0.3) is 0 Å². The summed E-state index contributed by atoms with van der Waals surface area (Å²) in [5, 5.41) is 17.8. The number of aromatic nitrogens is 1. The lowest BCUT2D eigenvalue weighted by atomic mass is 10.1. The van der Waals surface area contributed by atoms with Crippen molar-refractivity contribution in [1.82, 2.24) is 4.98 Å². The lowest BCUT2D eigenvalue weighted by molar-refractivity contribution is 0.457. The van der Waals surface area contributed by atoms with E-state index in [9.17, 15) is 5.11 Å². The largest absolute Gasteiger partial charge is 0.505 e. The van der Waals surface area contributed by atoms with E-state index in [0.29, 0.717) is 17.0 Å². The SMILES string of the molecule is CC(C)CC(C)Nc1ccc(Nc2ccccc2)cc1Sc1ncccc1O. The van der Waals surface area contributed by atoms with Crippen LogP contribution in [0.4, 0.5) is 17.1 Å². The highest BCUT2D eigenvalue weighted by molar-refractivity contribution is 7.99. The van der Waals surface area contributed by atoms with Crippen molar-refractivity contribution in [1.29, 1.82) is 0 Å². The first kappa shape index (κ1) is 20.1. The molecule has 0 aliphatic heterocycles. The maximum absolute atomic E-state index is 10.1. The van der Waals surface area contributed by atoms with Crippen LogP contribution in [0.3, 0.4) is 0 Å². The highest BCUT2D eigenvalue weighted by atomic mass is 32.2. The van der Waals surface area contributed by atoms with Gasteiger partial charge in [-0.05, 0) is 61.7 Å². The number of pyridine rings is 1. The number of hydrogen-bond acceptors (Lipinski definition) is 5. The van der Waals surface area contributed by atoms with Gasteiger partial charge in [-0.25, -0.2) is 4.98 Å². The van der Waals surface area contributed by atoms with Crippen LogP contribution in [0.2, 0.25) is 0 Å². The fourth-order valence-corrected chi connectivity index (χ4v) is 4.01. The summed E-state index contributed by atoms with van der Waals surface area (Å²) in [6.45, 7) is 6.65. The predicted molar refractivity (Wildman–Crippen MR) is 119 cm³/mol. The number of benzene rings is 2. The average molecular weight is 394 g/mol. The van der Waals surface area contributed by atoms with Gasteiger partial charge in [-0.3, -0.25) is 0 Å². The van der Waals surface area contributed by atoms with Crippen LogP contribution in [-0.2, 0) is 0 Å². The Balaban J connectivity index is 1.88. The van der Waals surface area contributed by atoms with E-state index in [2.05, 4.69) is 54.6 Å². The van der Waals surface area contributed by atoms with Gasteiger partial charge < -0.3 is 15.7 Å². The summed E-state index contributed by atoms with van der Waals surface area (Å²) in [5.41, 5.74) is 3.07. The molecule has 1 aromatic heterocycles. The molecule has 3 aromatic rings. The minimum Gasteiger partial charge on any atom is -0.505 e. The molecule has 0 aliphatic rings. The molecule has 3 rings (SSSR count). The van der Waals surface area contributed by atoms with E-state index in [4.69, 9.17) is 0 Å². The molecule has 0 saturated carbocycles. The standard InChI is InChI=1S/C23H27N3OS/c1-16(2)14-17(3)25-20-12-11-19(26-18-8-5-4-6-9-18)15-22(20)28-23-21(27)10-7-13-24-23/h4-13,15-17,25-27H,14H2,1-3H3. The van der Waals surface area contributed by atoms with Crippen LogP contribution < -0.4 is 10.6 Å². The number of anilines is 3. The van der Waals surface area contributed by atoms with Crippen LogP contribution >= 0.6 is 11.8 Å². The summed E-state index contributed by atoms with van der Waals surface area (Å²) < 4.78 is 0. The molecule has 0 amide bonds. The molecule has 2 aromatic carbocycles. The molecule has 0 bridgehead atoms. The summed E-state index contributed by atoms with van der Waals surface area (Å²) in [5.74, 6) is 0.813. The smallest absolute Gasteiger partial charge is 0.148 e. The van der Waals surface area contributed by atoms with Crippen LogP contribution in [-0.4, -0.2) is 16.1 Å². The Morgan fingerprint density at radius 3 is 2.46 bits per heavy atom. The molecule has 1 heterocycles. The van der Waals surface area contributed by atoms with Crippen molar-refractivity contribution in [3.63, 3.8) is 0 Å². The quantitative estimate of drug-likeness (QED) is 0.406. The van der Waals surface area contributed by atoms with Gasteiger partial charge >= 0.3 is 0 Å². The lowest BCUT2D eigenvalue weighted by Gasteiger charge is -2.20. The van der Waals surface area contributed by atoms with Gasteiger partial charge in [0.2, 0.25) is 0 Å². The highest BCUT2D eigenvalue weighted by Crippen LogP contribution is 2.39. The fraction of sp³-hybridized carbons (Fsp3) is 0.261. The molecular formula is C23H27N3OS. The molecule has 3 N–H and O–H groups in total. The number of rotatable bonds is 8. The number of nitrogens with one attached hydrogen (secondary N) is 2. The van der Waals surface area contributed by atoms with Crippen LogP contribution in [0.5, 0.6) is 5.75 Å². The van der Waals surface area contributed by atoms with Gasteiger partial charge in [0.15, 0.2) is 0 Å². The van der Waals surface area contributed by atoms with Gasteiger partial charge in [-0.2, -0.15) is 0 Å². The molecule has 1 atom stereocenters. The fourth-order valence-electron chi connectivity index (χ4n) is 3.09. The van der Waals surface area contributed by atoms with Crippen LogP contribution in [0.15, 0.2) is 76.8 Å². The highest BCUT2D eigenvalue weighted by Gasteiger charge is 2.13. The van der Waals surface area contributed by atoms with Crippen molar-refractivity contribution in [2.24, 2.45) is 5.92 Å². The van der Waals surface area contributed by atoms with Gasteiger partial charge in [0.25, 0.3) is 0 Å². The van der Waals surface area contributed by atoms with E-state index in [0.717, 1.165) is 28.4 Å². The summed E-state index contributed by atoms with van der Waals surface area (Å²) in [6, 6.07) is 20.1. The Kier molecular flexibility index (Phi) is 6.82. The maximum atomic E-state index is 10.1. The van der Waals surface area contributed by atoms with E-state index in [-0.39, 0.29) is 5.75 Å². The van der Waals surface area contributed by atoms with Gasteiger partial charge in [0, 0.05) is 34.2 Å². The normalized spacial score (nSPS) is 12.0. The Labute approximate surface area is 171 Å². The van der Waals surface area contributed by atoms with E-state index >= 15 is 0 Å². The van der Waals surface area contributed by atoms with E-state index < -0.39 is 0 Å². The van der Waals surface area contributed by atoms with Crippen LogP contribution in [0.1, 0.15) is 27.2 Å². The van der Waals surface area contributed by atoms with Crippen molar-refractivity contribution < 1.29 is 5.11 Å². The average Bonchev–Trinajstić information content (AvgIpc) is 2.66. The molecule has 28 heavy (non-hydrogen) atoms. The topological polar surface area (TPSA) is 57.2 Å². The van der Waals surface area contributed by atoms with Gasteiger partial charge in [-0.1, -0.05) is 43.8 Å². The van der Waals surface area contributed by atoms with Crippen LogP contribution in [0, 0.1) is 5.92 Å². The maximum Gasteiger partial charge on any atom is 0.148 e. The Bertz CT molecular complexity index is 899. The second-order valence-electron chi connectivity index (χ2n) is 7.31. The number of para-hydroxylation sites is 1. The molecule has 4 nitrogen and oxygen atoms in total. The van der Waals surface area contributed by atoms with E-state index in [1.807, 2.05) is 30.3 Å². The second-order valence-corrected chi connectivity index (χ2v) is 8.34. The molecule has 0 saturated heterocycles. The zero-order valence-electron chi connectivity index (χ0n) is 16.5. The monoisotopic (exact) mass is 393 g/mol. The summed E-state index contributed by atoms with van der Waals surface area (Å²) in [6.07, 6.45) is 2.78. The van der Waals surface area contributed by atoms with Crippen molar-refractivity contribution in [2.75, 3.05) is 10.6 Å². The third kappa shape index (κ3) is 5.67. The number of aromatic hydroxyl groups is 1. The third-order valence-electron chi connectivity index (χ3n) is 4.23.